The summed E-state index contributed by atoms with van der Waals surface area (Å²) in [6, 6.07) is 14.5. The highest BCUT2D eigenvalue weighted by molar-refractivity contribution is 7.99. The average molecular weight is 453 g/mol. The van der Waals surface area contributed by atoms with E-state index in [2.05, 4.69) is 60.2 Å². The minimum atomic E-state index is -0.0586. The smallest absolute Gasteiger partial charge is 0.234 e. The van der Waals surface area contributed by atoms with Crippen LogP contribution < -0.4 is 5.32 Å². The van der Waals surface area contributed by atoms with Gasteiger partial charge in [0.25, 0.3) is 0 Å². The van der Waals surface area contributed by atoms with Crippen LogP contribution in [0.25, 0.3) is 0 Å². The zero-order valence-corrected chi connectivity index (χ0v) is 19.9. The van der Waals surface area contributed by atoms with E-state index in [0.29, 0.717) is 6.54 Å². The van der Waals surface area contributed by atoms with E-state index in [1.54, 1.807) is 11.8 Å². The van der Waals surface area contributed by atoms with Crippen molar-refractivity contribution in [2.24, 2.45) is 0 Å². The summed E-state index contributed by atoms with van der Waals surface area (Å²) in [5.41, 5.74) is 5.74. The molecule has 2 aromatic carbocycles. The van der Waals surface area contributed by atoms with Crippen molar-refractivity contribution in [2.45, 2.75) is 44.0 Å². The van der Waals surface area contributed by atoms with Crippen LogP contribution in [0.15, 0.2) is 60.3 Å². The monoisotopic (exact) mass is 452 g/mol. The van der Waals surface area contributed by atoms with Crippen LogP contribution in [0, 0.1) is 20.8 Å². The number of thioether (sulfide) groups is 2. The van der Waals surface area contributed by atoms with Gasteiger partial charge in [-0.25, -0.2) is 0 Å². The van der Waals surface area contributed by atoms with Gasteiger partial charge in [0.2, 0.25) is 5.91 Å². The fourth-order valence-corrected chi connectivity index (χ4v) is 4.63. The van der Waals surface area contributed by atoms with Crippen LogP contribution in [0.5, 0.6) is 0 Å². The lowest BCUT2D eigenvalue weighted by Gasteiger charge is -2.09. The highest BCUT2D eigenvalue weighted by Gasteiger charge is 2.14. The summed E-state index contributed by atoms with van der Waals surface area (Å²) in [6.45, 7) is 10.7. The molecule has 0 unspecified atom stereocenters. The molecule has 0 saturated carbocycles. The number of anilines is 1. The van der Waals surface area contributed by atoms with Gasteiger partial charge in [-0.15, -0.1) is 28.5 Å². The first-order valence-electron chi connectivity index (χ1n) is 10.1. The molecule has 162 valence electrons. The maximum Gasteiger partial charge on any atom is 0.234 e. The van der Waals surface area contributed by atoms with E-state index in [1.165, 1.54) is 28.5 Å². The van der Waals surface area contributed by atoms with E-state index in [1.807, 2.05) is 35.8 Å². The third-order valence-electron chi connectivity index (χ3n) is 4.85. The zero-order valence-electron chi connectivity index (χ0n) is 18.2. The van der Waals surface area contributed by atoms with E-state index < -0.39 is 0 Å². The summed E-state index contributed by atoms with van der Waals surface area (Å²) in [5, 5.41) is 12.4. The highest BCUT2D eigenvalue weighted by Crippen LogP contribution is 2.23. The molecule has 0 bridgehead atoms. The van der Waals surface area contributed by atoms with Gasteiger partial charge in [0.15, 0.2) is 5.16 Å². The summed E-state index contributed by atoms with van der Waals surface area (Å²) in [4.78, 5) is 12.4. The van der Waals surface area contributed by atoms with Crippen molar-refractivity contribution in [3.63, 3.8) is 0 Å². The van der Waals surface area contributed by atoms with Gasteiger partial charge in [0.1, 0.15) is 5.82 Å². The van der Waals surface area contributed by atoms with Crippen LogP contribution in [0.2, 0.25) is 0 Å². The number of hydrogen-bond acceptors (Lipinski definition) is 5. The molecule has 1 aromatic heterocycles. The highest BCUT2D eigenvalue weighted by atomic mass is 32.2. The molecule has 1 heterocycles. The second kappa shape index (κ2) is 11.2. The van der Waals surface area contributed by atoms with Gasteiger partial charge >= 0.3 is 0 Å². The molecule has 0 fully saturated rings. The Hall–Kier alpha value is -2.51. The van der Waals surface area contributed by atoms with Crippen LogP contribution in [0.3, 0.4) is 0 Å². The molecular weight excluding hydrogens is 424 g/mol. The summed E-state index contributed by atoms with van der Waals surface area (Å²) in [5.74, 6) is 2.79. The first kappa shape index (κ1) is 23.2. The third-order valence-corrected chi connectivity index (χ3v) is 6.82. The predicted octanol–water partition coefficient (Wildman–Crippen LogP) is 5.55. The Bertz CT molecular complexity index is 1040. The number of hydrogen-bond donors (Lipinski definition) is 1. The SMILES string of the molecule is C=CCn1c(CSCc2ccc(C)cc2)nnc1SCC(=O)Nc1ccc(C)c(C)c1. The molecule has 1 amide bonds. The Balaban J connectivity index is 1.56. The fraction of sp³-hybridized carbons (Fsp3) is 0.292. The van der Waals surface area contributed by atoms with Crippen molar-refractivity contribution < 1.29 is 4.79 Å². The molecule has 0 aliphatic heterocycles. The van der Waals surface area contributed by atoms with Crippen molar-refractivity contribution >= 4 is 35.1 Å². The number of carbonyl (C=O) groups is 1. The van der Waals surface area contributed by atoms with E-state index in [4.69, 9.17) is 0 Å². The minimum absolute atomic E-state index is 0.0586. The summed E-state index contributed by atoms with van der Waals surface area (Å²) >= 11 is 3.20. The van der Waals surface area contributed by atoms with Gasteiger partial charge in [-0.2, -0.15) is 0 Å². The van der Waals surface area contributed by atoms with Crippen molar-refractivity contribution in [2.75, 3.05) is 11.1 Å². The molecular formula is C24H28N4OS2. The fourth-order valence-electron chi connectivity index (χ4n) is 2.94. The molecule has 3 aromatic rings. The summed E-state index contributed by atoms with van der Waals surface area (Å²) < 4.78 is 2.03. The number of nitrogens with zero attached hydrogens (tertiary/aromatic N) is 3. The lowest BCUT2D eigenvalue weighted by Crippen LogP contribution is -2.15. The Morgan fingerprint density at radius 2 is 1.84 bits per heavy atom. The first-order chi connectivity index (χ1) is 15.0. The Kier molecular flexibility index (Phi) is 8.37. The quantitative estimate of drug-likeness (QED) is 0.323. The van der Waals surface area contributed by atoms with Crippen LogP contribution in [-0.2, 0) is 22.8 Å². The number of allylic oxidation sites excluding steroid dienone is 1. The lowest BCUT2D eigenvalue weighted by atomic mass is 10.1. The van der Waals surface area contributed by atoms with Crippen molar-refractivity contribution in [3.05, 3.63) is 83.2 Å². The molecule has 5 nitrogen and oxygen atoms in total. The molecule has 1 N–H and O–H groups in total. The number of amides is 1. The van der Waals surface area contributed by atoms with Gasteiger partial charge in [-0.05, 0) is 49.6 Å². The summed E-state index contributed by atoms with van der Waals surface area (Å²) in [7, 11) is 0. The van der Waals surface area contributed by atoms with Gasteiger partial charge in [0, 0.05) is 18.0 Å². The molecule has 3 rings (SSSR count). The number of rotatable bonds is 10. The normalized spacial score (nSPS) is 10.8. The number of nitrogens with one attached hydrogen (secondary N) is 1. The Morgan fingerprint density at radius 1 is 1.06 bits per heavy atom. The topological polar surface area (TPSA) is 59.8 Å². The van der Waals surface area contributed by atoms with E-state index in [9.17, 15) is 4.79 Å². The number of benzene rings is 2. The van der Waals surface area contributed by atoms with E-state index in [-0.39, 0.29) is 11.7 Å². The van der Waals surface area contributed by atoms with Crippen LogP contribution in [-0.4, -0.2) is 26.4 Å². The van der Waals surface area contributed by atoms with Gasteiger partial charge < -0.3 is 9.88 Å². The second-order valence-electron chi connectivity index (χ2n) is 7.41. The predicted molar refractivity (Wildman–Crippen MR) is 132 cm³/mol. The van der Waals surface area contributed by atoms with Gasteiger partial charge in [0.05, 0.1) is 11.5 Å². The van der Waals surface area contributed by atoms with Crippen molar-refractivity contribution in [1.29, 1.82) is 0 Å². The Morgan fingerprint density at radius 3 is 2.55 bits per heavy atom. The van der Waals surface area contributed by atoms with E-state index in [0.717, 1.165) is 33.7 Å². The molecule has 7 heteroatoms. The molecule has 0 aliphatic rings. The maximum atomic E-state index is 12.4. The van der Waals surface area contributed by atoms with Crippen molar-refractivity contribution in [3.8, 4) is 0 Å². The molecule has 0 saturated heterocycles. The average Bonchev–Trinajstić information content (AvgIpc) is 3.13. The van der Waals surface area contributed by atoms with E-state index >= 15 is 0 Å². The number of aromatic nitrogens is 3. The van der Waals surface area contributed by atoms with Crippen LogP contribution in [0.4, 0.5) is 5.69 Å². The maximum absolute atomic E-state index is 12.4. The van der Waals surface area contributed by atoms with Crippen molar-refractivity contribution in [1.82, 2.24) is 14.8 Å². The van der Waals surface area contributed by atoms with Crippen LogP contribution >= 0.6 is 23.5 Å². The molecule has 31 heavy (non-hydrogen) atoms. The number of aryl methyl sites for hydroxylation is 3. The molecule has 0 atom stereocenters. The zero-order chi connectivity index (χ0) is 22.2. The lowest BCUT2D eigenvalue weighted by molar-refractivity contribution is -0.113. The number of carbonyl (C=O) groups excluding carboxylic acids is 1. The third kappa shape index (κ3) is 6.74. The van der Waals surface area contributed by atoms with Gasteiger partial charge in [-0.1, -0.05) is 53.7 Å². The van der Waals surface area contributed by atoms with Crippen LogP contribution in [0.1, 0.15) is 28.1 Å². The molecule has 0 radical (unpaired) electrons. The molecule has 0 aliphatic carbocycles. The summed E-state index contributed by atoms with van der Waals surface area (Å²) in [6.07, 6.45) is 1.83. The Labute approximate surface area is 192 Å². The minimum Gasteiger partial charge on any atom is -0.325 e. The second-order valence-corrected chi connectivity index (χ2v) is 9.34. The standard InChI is InChI=1S/C24H28N4OS2/c1-5-12-28-22(15-30-14-20-9-6-17(2)7-10-20)26-27-24(28)31-16-23(29)25-21-11-8-18(3)19(4)13-21/h5-11,13H,1,12,14-16H2,2-4H3,(H,25,29). The largest absolute Gasteiger partial charge is 0.325 e. The molecule has 0 spiro atoms. The first-order valence-corrected chi connectivity index (χ1v) is 12.3. The van der Waals surface area contributed by atoms with Gasteiger partial charge in [-0.3, -0.25) is 4.79 Å².